The van der Waals surface area contributed by atoms with E-state index in [1.165, 1.54) is 0 Å². The first kappa shape index (κ1) is 16.8. The number of rotatable bonds is 7. The molecule has 0 aromatic heterocycles. The van der Waals surface area contributed by atoms with Gasteiger partial charge in [0.2, 0.25) is 5.91 Å². The van der Waals surface area contributed by atoms with Crippen LogP contribution in [0, 0.1) is 0 Å². The summed E-state index contributed by atoms with van der Waals surface area (Å²) in [5.41, 5.74) is 2.15. The predicted octanol–water partition coefficient (Wildman–Crippen LogP) is 2.36. The van der Waals surface area contributed by atoms with E-state index in [0.717, 1.165) is 35.8 Å². The summed E-state index contributed by atoms with van der Waals surface area (Å²) in [6, 6.07) is 5.78. The number of hydrogen-bond acceptors (Lipinski definition) is 3. The molecule has 0 heterocycles. The van der Waals surface area contributed by atoms with Crippen LogP contribution in [0.15, 0.2) is 18.2 Å². The van der Waals surface area contributed by atoms with Gasteiger partial charge in [-0.05, 0) is 36.7 Å². The highest BCUT2D eigenvalue weighted by atomic mass is 35.5. The van der Waals surface area contributed by atoms with E-state index >= 15 is 0 Å². The summed E-state index contributed by atoms with van der Waals surface area (Å²) >= 11 is 6.07. The SMILES string of the molecule is CCCNCc1cc(Cl)ccc1N(C)CC(=O)N(C)C. The summed E-state index contributed by atoms with van der Waals surface area (Å²) in [5.74, 6) is 0.0786. The molecule has 4 nitrogen and oxygen atoms in total. The summed E-state index contributed by atoms with van der Waals surface area (Å²) in [4.78, 5) is 15.4. The van der Waals surface area contributed by atoms with Gasteiger partial charge in [0.15, 0.2) is 0 Å². The number of nitrogens with zero attached hydrogens (tertiary/aromatic N) is 2. The fourth-order valence-electron chi connectivity index (χ4n) is 1.90. The Bertz CT molecular complexity index is 449. The molecule has 1 aromatic carbocycles. The molecule has 1 amide bonds. The van der Waals surface area contributed by atoms with Gasteiger partial charge in [-0.2, -0.15) is 0 Å². The normalized spacial score (nSPS) is 10.4. The van der Waals surface area contributed by atoms with Crippen LogP contribution in [0.1, 0.15) is 18.9 Å². The Morgan fingerprint density at radius 3 is 2.60 bits per heavy atom. The molecular formula is C15H24ClN3O. The second kappa shape index (κ2) is 8.12. The molecule has 5 heteroatoms. The van der Waals surface area contributed by atoms with Crippen LogP contribution in [-0.4, -0.2) is 45.0 Å². The van der Waals surface area contributed by atoms with Crippen molar-refractivity contribution in [1.82, 2.24) is 10.2 Å². The summed E-state index contributed by atoms with van der Waals surface area (Å²) in [5, 5.41) is 4.09. The molecule has 0 unspecified atom stereocenters. The van der Waals surface area contributed by atoms with E-state index < -0.39 is 0 Å². The van der Waals surface area contributed by atoms with E-state index in [1.807, 2.05) is 30.1 Å². The third-order valence-electron chi connectivity index (χ3n) is 3.07. The van der Waals surface area contributed by atoms with Crippen LogP contribution in [0.4, 0.5) is 5.69 Å². The first-order chi connectivity index (χ1) is 9.45. The lowest BCUT2D eigenvalue weighted by atomic mass is 10.1. The number of halogens is 1. The van der Waals surface area contributed by atoms with Crippen molar-refractivity contribution in [2.24, 2.45) is 0 Å². The quantitative estimate of drug-likeness (QED) is 0.785. The average molecular weight is 298 g/mol. The lowest BCUT2D eigenvalue weighted by molar-refractivity contribution is -0.127. The lowest BCUT2D eigenvalue weighted by Crippen LogP contribution is -2.35. The highest BCUT2D eigenvalue weighted by Crippen LogP contribution is 2.23. The Morgan fingerprint density at radius 2 is 2.00 bits per heavy atom. The Labute approximate surface area is 126 Å². The van der Waals surface area contributed by atoms with Crippen molar-refractivity contribution in [3.63, 3.8) is 0 Å². The van der Waals surface area contributed by atoms with Gasteiger partial charge in [0, 0.05) is 38.4 Å². The lowest BCUT2D eigenvalue weighted by Gasteiger charge is -2.24. The molecule has 0 saturated heterocycles. The number of carbonyl (C=O) groups is 1. The smallest absolute Gasteiger partial charge is 0.241 e. The first-order valence-electron chi connectivity index (χ1n) is 6.86. The molecule has 0 bridgehead atoms. The van der Waals surface area contributed by atoms with E-state index in [2.05, 4.69) is 12.2 Å². The number of hydrogen-bond donors (Lipinski definition) is 1. The fourth-order valence-corrected chi connectivity index (χ4v) is 2.09. The summed E-state index contributed by atoms with van der Waals surface area (Å²) in [7, 11) is 5.46. The Morgan fingerprint density at radius 1 is 1.30 bits per heavy atom. The monoisotopic (exact) mass is 297 g/mol. The van der Waals surface area contributed by atoms with E-state index in [9.17, 15) is 4.79 Å². The molecule has 0 aliphatic carbocycles. The zero-order valence-corrected chi connectivity index (χ0v) is 13.5. The molecule has 20 heavy (non-hydrogen) atoms. The van der Waals surface area contributed by atoms with Gasteiger partial charge in [0.25, 0.3) is 0 Å². The molecule has 1 aromatic rings. The summed E-state index contributed by atoms with van der Waals surface area (Å²) in [6.45, 7) is 4.21. The minimum atomic E-state index is 0.0786. The van der Waals surface area contributed by atoms with Gasteiger partial charge in [-0.15, -0.1) is 0 Å². The highest BCUT2D eigenvalue weighted by Gasteiger charge is 2.12. The molecule has 1 N–H and O–H groups in total. The van der Waals surface area contributed by atoms with Crippen molar-refractivity contribution in [2.75, 3.05) is 39.1 Å². The van der Waals surface area contributed by atoms with Gasteiger partial charge < -0.3 is 15.1 Å². The zero-order chi connectivity index (χ0) is 15.1. The van der Waals surface area contributed by atoms with Crippen LogP contribution >= 0.6 is 11.6 Å². The third kappa shape index (κ3) is 5.02. The maximum atomic E-state index is 11.8. The highest BCUT2D eigenvalue weighted by molar-refractivity contribution is 6.30. The van der Waals surface area contributed by atoms with Gasteiger partial charge in [-0.1, -0.05) is 18.5 Å². The first-order valence-corrected chi connectivity index (χ1v) is 7.24. The number of likely N-dealkylation sites (N-methyl/N-ethyl adjacent to an activating group) is 2. The molecule has 0 aliphatic heterocycles. The van der Waals surface area contributed by atoms with E-state index in [1.54, 1.807) is 19.0 Å². The number of nitrogens with one attached hydrogen (secondary N) is 1. The Kier molecular flexibility index (Phi) is 6.82. The van der Waals surface area contributed by atoms with Gasteiger partial charge in [0.1, 0.15) is 0 Å². The predicted molar refractivity (Wildman–Crippen MR) is 85.4 cm³/mol. The maximum Gasteiger partial charge on any atom is 0.241 e. The third-order valence-corrected chi connectivity index (χ3v) is 3.30. The van der Waals surface area contributed by atoms with Crippen LogP contribution in [0.2, 0.25) is 5.02 Å². The van der Waals surface area contributed by atoms with E-state index in [0.29, 0.717) is 6.54 Å². The molecule has 0 radical (unpaired) electrons. The van der Waals surface area contributed by atoms with Crippen molar-refractivity contribution in [3.8, 4) is 0 Å². The largest absolute Gasteiger partial charge is 0.365 e. The van der Waals surface area contributed by atoms with E-state index in [4.69, 9.17) is 11.6 Å². The van der Waals surface area contributed by atoms with E-state index in [-0.39, 0.29) is 5.91 Å². The molecular weight excluding hydrogens is 274 g/mol. The van der Waals surface area contributed by atoms with Crippen molar-refractivity contribution in [2.45, 2.75) is 19.9 Å². The standard InChI is InChI=1S/C15H24ClN3O/c1-5-8-17-10-12-9-13(16)6-7-14(12)19(4)11-15(20)18(2)3/h6-7,9,17H,5,8,10-11H2,1-4H3. The minimum Gasteiger partial charge on any atom is -0.365 e. The zero-order valence-electron chi connectivity index (χ0n) is 12.7. The number of amides is 1. The summed E-state index contributed by atoms with van der Waals surface area (Å²) in [6.07, 6.45) is 1.09. The van der Waals surface area contributed by atoms with Crippen LogP contribution in [0.5, 0.6) is 0 Å². The number of carbonyl (C=O) groups excluding carboxylic acids is 1. The van der Waals surface area contributed by atoms with Crippen molar-refractivity contribution >= 4 is 23.2 Å². The number of anilines is 1. The van der Waals surface area contributed by atoms with Crippen molar-refractivity contribution in [3.05, 3.63) is 28.8 Å². The molecule has 0 saturated carbocycles. The van der Waals surface area contributed by atoms with Gasteiger partial charge in [-0.3, -0.25) is 4.79 Å². The van der Waals surface area contributed by atoms with Crippen LogP contribution in [0.25, 0.3) is 0 Å². The average Bonchev–Trinajstić information content (AvgIpc) is 2.38. The van der Waals surface area contributed by atoms with Crippen molar-refractivity contribution < 1.29 is 4.79 Å². The van der Waals surface area contributed by atoms with Crippen LogP contribution in [0.3, 0.4) is 0 Å². The maximum absolute atomic E-state index is 11.8. The van der Waals surface area contributed by atoms with Gasteiger partial charge in [-0.25, -0.2) is 0 Å². The second-order valence-electron chi connectivity index (χ2n) is 5.09. The molecule has 0 atom stereocenters. The molecule has 0 aliphatic rings. The Balaban J connectivity index is 2.83. The molecule has 0 spiro atoms. The van der Waals surface area contributed by atoms with Crippen molar-refractivity contribution in [1.29, 1.82) is 0 Å². The summed E-state index contributed by atoms with van der Waals surface area (Å²) < 4.78 is 0. The fraction of sp³-hybridized carbons (Fsp3) is 0.533. The van der Waals surface area contributed by atoms with Gasteiger partial charge in [0.05, 0.1) is 6.54 Å². The molecule has 0 fully saturated rings. The minimum absolute atomic E-state index is 0.0786. The Hall–Kier alpha value is -1.26. The topological polar surface area (TPSA) is 35.6 Å². The van der Waals surface area contributed by atoms with Crippen LogP contribution in [-0.2, 0) is 11.3 Å². The second-order valence-corrected chi connectivity index (χ2v) is 5.53. The molecule has 112 valence electrons. The van der Waals surface area contributed by atoms with Crippen LogP contribution < -0.4 is 10.2 Å². The number of benzene rings is 1. The van der Waals surface area contributed by atoms with Gasteiger partial charge >= 0.3 is 0 Å². The molecule has 1 rings (SSSR count).